The van der Waals surface area contributed by atoms with E-state index in [-0.39, 0.29) is 5.56 Å². The molecule has 2 N–H and O–H groups in total. The maximum Gasteiger partial charge on any atom is 0.194 e. The largest absolute Gasteiger partial charge is 0.492 e. The molecule has 20 heavy (non-hydrogen) atoms. The van der Waals surface area contributed by atoms with Crippen LogP contribution in [0, 0.1) is 17.5 Å². The first kappa shape index (κ1) is 14.3. The van der Waals surface area contributed by atoms with E-state index in [2.05, 4.69) is 4.98 Å². The van der Waals surface area contributed by atoms with Crippen molar-refractivity contribution in [3.05, 3.63) is 59.2 Å². The quantitative estimate of drug-likeness (QED) is 0.877. The van der Waals surface area contributed by atoms with Gasteiger partial charge in [-0.15, -0.1) is 0 Å². The summed E-state index contributed by atoms with van der Waals surface area (Å²) < 4.78 is 45.1. The number of benzene rings is 1. The van der Waals surface area contributed by atoms with E-state index in [9.17, 15) is 13.2 Å². The smallest absolute Gasteiger partial charge is 0.194 e. The second-order valence-corrected chi connectivity index (χ2v) is 4.13. The Morgan fingerprint density at radius 3 is 2.65 bits per heavy atom. The van der Waals surface area contributed by atoms with E-state index in [4.69, 9.17) is 10.5 Å². The predicted octanol–water partition coefficient (Wildman–Crippen LogP) is 2.95. The number of pyridine rings is 1. The van der Waals surface area contributed by atoms with Crippen molar-refractivity contribution >= 4 is 0 Å². The molecule has 0 aliphatic rings. The molecule has 2 rings (SSSR count). The summed E-state index contributed by atoms with van der Waals surface area (Å²) in [4.78, 5) is 3.92. The monoisotopic (exact) mass is 282 g/mol. The van der Waals surface area contributed by atoms with Gasteiger partial charge in [0.15, 0.2) is 17.5 Å². The maximum absolute atomic E-state index is 13.7. The van der Waals surface area contributed by atoms with Crippen molar-refractivity contribution < 1.29 is 17.9 Å². The van der Waals surface area contributed by atoms with E-state index in [1.165, 1.54) is 12.4 Å². The zero-order valence-electron chi connectivity index (χ0n) is 10.7. The van der Waals surface area contributed by atoms with Crippen LogP contribution in [-0.4, -0.2) is 11.6 Å². The van der Waals surface area contributed by atoms with Crippen LogP contribution in [0.5, 0.6) is 5.75 Å². The van der Waals surface area contributed by atoms with Gasteiger partial charge in [-0.05, 0) is 24.6 Å². The Morgan fingerprint density at radius 1 is 1.20 bits per heavy atom. The summed E-state index contributed by atoms with van der Waals surface area (Å²) in [7, 11) is 0. The van der Waals surface area contributed by atoms with Crippen LogP contribution in [0.15, 0.2) is 30.6 Å². The molecule has 3 nitrogen and oxygen atoms in total. The molecule has 1 atom stereocenters. The molecule has 2 aromatic rings. The Labute approximate surface area is 114 Å². The first-order chi connectivity index (χ1) is 9.54. The van der Waals surface area contributed by atoms with Gasteiger partial charge < -0.3 is 10.5 Å². The average molecular weight is 282 g/mol. The van der Waals surface area contributed by atoms with Crippen LogP contribution >= 0.6 is 0 Å². The van der Waals surface area contributed by atoms with Gasteiger partial charge in [-0.3, -0.25) is 4.98 Å². The highest BCUT2D eigenvalue weighted by atomic mass is 19.2. The van der Waals surface area contributed by atoms with Gasteiger partial charge in [-0.25, -0.2) is 13.2 Å². The Morgan fingerprint density at radius 2 is 1.95 bits per heavy atom. The van der Waals surface area contributed by atoms with Crippen LogP contribution in [0.25, 0.3) is 0 Å². The summed E-state index contributed by atoms with van der Waals surface area (Å²) >= 11 is 0. The van der Waals surface area contributed by atoms with Crippen LogP contribution in [0.3, 0.4) is 0 Å². The van der Waals surface area contributed by atoms with Gasteiger partial charge in [0.25, 0.3) is 0 Å². The average Bonchev–Trinajstić information content (AvgIpc) is 2.45. The van der Waals surface area contributed by atoms with Crippen LogP contribution in [0.4, 0.5) is 13.2 Å². The molecule has 0 saturated carbocycles. The van der Waals surface area contributed by atoms with E-state index in [1.54, 1.807) is 6.07 Å². The molecule has 0 spiro atoms. The Hall–Kier alpha value is -2.08. The van der Waals surface area contributed by atoms with Crippen molar-refractivity contribution in [3.8, 4) is 5.75 Å². The molecular weight excluding hydrogens is 269 g/mol. The zero-order valence-corrected chi connectivity index (χ0v) is 10.7. The molecule has 1 heterocycles. The van der Waals surface area contributed by atoms with Gasteiger partial charge in [-0.1, -0.05) is 6.07 Å². The number of rotatable bonds is 4. The molecule has 0 aliphatic carbocycles. The number of nitrogens with zero attached hydrogens (tertiary/aromatic N) is 1. The number of nitrogens with two attached hydrogens (primary N) is 1. The fourth-order valence-electron chi connectivity index (χ4n) is 1.81. The number of hydrogen-bond acceptors (Lipinski definition) is 3. The minimum atomic E-state index is -1.54. The van der Waals surface area contributed by atoms with E-state index in [0.29, 0.717) is 17.9 Å². The van der Waals surface area contributed by atoms with Crippen molar-refractivity contribution in [1.29, 1.82) is 0 Å². The lowest BCUT2D eigenvalue weighted by molar-refractivity contribution is 0.338. The molecule has 1 aromatic heterocycles. The predicted molar refractivity (Wildman–Crippen MR) is 67.8 cm³/mol. The first-order valence-corrected chi connectivity index (χ1v) is 6.01. The molecule has 0 aliphatic heterocycles. The summed E-state index contributed by atoms with van der Waals surface area (Å²) in [5.74, 6) is -3.60. The van der Waals surface area contributed by atoms with Gasteiger partial charge >= 0.3 is 0 Å². The Bertz CT molecular complexity index is 619. The number of aromatic nitrogens is 1. The topological polar surface area (TPSA) is 48.1 Å². The fourth-order valence-corrected chi connectivity index (χ4v) is 1.81. The molecule has 0 radical (unpaired) electrons. The van der Waals surface area contributed by atoms with Crippen molar-refractivity contribution in [1.82, 2.24) is 4.98 Å². The minimum Gasteiger partial charge on any atom is -0.492 e. The zero-order chi connectivity index (χ0) is 14.7. The molecule has 0 amide bonds. The van der Waals surface area contributed by atoms with Gasteiger partial charge in [0, 0.05) is 11.8 Å². The maximum atomic E-state index is 13.7. The highest BCUT2D eigenvalue weighted by Gasteiger charge is 2.20. The summed E-state index contributed by atoms with van der Waals surface area (Å²) in [6.45, 7) is 2.25. The highest BCUT2D eigenvalue weighted by molar-refractivity contribution is 5.35. The molecule has 1 unspecified atom stereocenters. The van der Waals surface area contributed by atoms with Crippen LogP contribution in [-0.2, 0) is 0 Å². The number of hydrogen-bond donors (Lipinski definition) is 1. The normalized spacial score (nSPS) is 12.2. The lowest BCUT2D eigenvalue weighted by atomic mass is 10.00. The van der Waals surface area contributed by atoms with E-state index < -0.39 is 23.5 Å². The molecule has 1 aromatic carbocycles. The summed E-state index contributed by atoms with van der Waals surface area (Å²) in [5.41, 5.74) is 6.18. The number of halogens is 3. The third-order valence-electron chi connectivity index (χ3n) is 2.80. The summed E-state index contributed by atoms with van der Waals surface area (Å²) in [6, 6.07) is 2.58. The van der Waals surface area contributed by atoms with Crippen molar-refractivity contribution in [2.24, 2.45) is 5.73 Å². The third-order valence-corrected chi connectivity index (χ3v) is 2.80. The van der Waals surface area contributed by atoms with Crippen LogP contribution < -0.4 is 10.5 Å². The minimum absolute atomic E-state index is 0.139. The standard InChI is InChI=1S/C14H13F3N2O/c1-2-20-9-5-8(6-19-7-9)14(18)10-3-4-11(15)13(17)12(10)16/h3-7,14H,2,18H2,1H3. The number of ether oxygens (including phenoxy) is 1. The van der Waals surface area contributed by atoms with Crippen molar-refractivity contribution in [2.75, 3.05) is 6.61 Å². The van der Waals surface area contributed by atoms with Gasteiger partial charge in [0.05, 0.1) is 18.8 Å². The Kier molecular flexibility index (Phi) is 4.24. The summed E-state index contributed by atoms with van der Waals surface area (Å²) in [5, 5.41) is 0. The van der Waals surface area contributed by atoms with E-state index in [1.807, 2.05) is 6.92 Å². The van der Waals surface area contributed by atoms with Crippen molar-refractivity contribution in [2.45, 2.75) is 13.0 Å². The van der Waals surface area contributed by atoms with Gasteiger partial charge in [-0.2, -0.15) is 0 Å². The Balaban J connectivity index is 2.38. The second kappa shape index (κ2) is 5.92. The lowest BCUT2D eigenvalue weighted by Crippen LogP contribution is -2.15. The van der Waals surface area contributed by atoms with E-state index >= 15 is 0 Å². The van der Waals surface area contributed by atoms with Gasteiger partial charge in [0.1, 0.15) is 5.75 Å². The SMILES string of the molecule is CCOc1cncc(C(N)c2ccc(F)c(F)c2F)c1. The molecule has 106 valence electrons. The molecule has 0 saturated heterocycles. The molecular formula is C14H13F3N2O. The molecule has 0 fully saturated rings. The van der Waals surface area contributed by atoms with Crippen LogP contribution in [0.1, 0.15) is 24.1 Å². The van der Waals surface area contributed by atoms with Crippen LogP contribution in [0.2, 0.25) is 0 Å². The lowest BCUT2D eigenvalue weighted by Gasteiger charge is -2.14. The highest BCUT2D eigenvalue weighted by Crippen LogP contribution is 2.26. The first-order valence-electron chi connectivity index (χ1n) is 6.01. The second-order valence-electron chi connectivity index (χ2n) is 4.13. The third kappa shape index (κ3) is 2.75. The van der Waals surface area contributed by atoms with Crippen molar-refractivity contribution in [3.63, 3.8) is 0 Å². The van der Waals surface area contributed by atoms with E-state index in [0.717, 1.165) is 12.1 Å². The molecule has 0 bridgehead atoms. The molecule has 6 heteroatoms. The fraction of sp³-hybridized carbons (Fsp3) is 0.214. The summed E-state index contributed by atoms with van der Waals surface area (Å²) in [6.07, 6.45) is 2.91. The van der Waals surface area contributed by atoms with Gasteiger partial charge in [0.2, 0.25) is 0 Å².